The smallest absolute Gasteiger partial charge is 0.0426 e. The fourth-order valence-electron chi connectivity index (χ4n) is 2.18. The van der Waals surface area contributed by atoms with Crippen molar-refractivity contribution >= 4 is 21.6 Å². The van der Waals surface area contributed by atoms with Crippen LogP contribution < -0.4 is 10.6 Å². The topological polar surface area (TPSA) is 29.3 Å². The molecule has 1 atom stereocenters. The van der Waals surface area contributed by atoms with E-state index in [4.69, 9.17) is 5.73 Å². The molecule has 0 saturated carbocycles. The molecule has 0 fully saturated rings. The Bertz CT molecular complexity index is 538. The van der Waals surface area contributed by atoms with Gasteiger partial charge in [-0.15, -0.1) is 0 Å². The normalized spacial score (nSPS) is 12.2. The van der Waals surface area contributed by atoms with Crippen molar-refractivity contribution in [3.63, 3.8) is 0 Å². The number of rotatable bonds is 4. The fraction of sp³-hybridized carbons (Fsp3) is 0.250. The second-order valence-corrected chi connectivity index (χ2v) is 5.75. The lowest BCUT2D eigenvalue weighted by Gasteiger charge is -2.24. The zero-order chi connectivity index (χ0) is 13.8. The third kappa shape index (κ3) is 3.58. The van der Waals surface area contributed by atoms with E-state index in [9.17, 15) is 0 Å². The van der Waals surface area contributed by atoms with Crippen molar-refractivity contribution < 1.29 is 0 Å². The molecule has 0 aliphatic rings. The summed E-state index contributed by atoms with van der Waals surface area (Å²) in [6.07, 6.45) is 0. The molecule has 0 bridgehead atoms. The molecule has 1 unspecified atom stereocenters. The van der Waals surface area contributed by atoms with Gasteiger partial charge >= 0.3 is 0 Å². The van der Waals surface area contributed by atoms with Gasteiger partial charge in [-0.25, -0.2) is 0 Å². The van der Waals surface area contributed by atoms with Gasteiger partial charge in [0.2, 0.25) is 0 Å². The molecule has 2 rings (SSSR count). The molecule has 19 heavy (non-hydrogen) atoms. The van der Waals surface area contributed by atoms with Gasteiger partial charge in [-0.05, 0) is 36.2 Å². The maximum Gasteiger partial charge on any atom is 0.0426 e. The lowest BCUT2D eigenvalue weighted by atomic mass is 10.1. The zero-order valence-electron chi connectivity index (χ0n) is 11.3. The van der Waals surface area contributed by atoms with Crippen molar-refractivity contribution in [3.8, 4) is 0 Å². The molecule has 2 N–H and O–H groups in total. The lowest BCUT2D eigenvalue weighted by molar-refractivity contribution is 0.800. The molecule has 0 saturated heterocycles. The summed E-state index contributed by atoms with van der Waals surface area (Å²) in [6.45, 7) is 2.89. The highest BCUT2D eigenvalue weighted by Crippen LogP contribution is 2.28. The molecule has 0 aliphatic carbocycles. The van der Waals surface area contributed by atoms with Gasteiger partial charge in [-0.1, -0.05) is 46.3 Å². The minimum Gasteiger partial charge on any atom is -0.370 e. The predicted octanol–water partition coefficient (Wildman–Crippen LogP) is 4.11. The number of nitrogens with zero attached hydrogens (tertiary/aromatic N) is 1. The Hall–Kier alpha value is -1.32. The van der Waals surface area contributed by atoms with E-state index in [-0.39, 0.29) is 6.04 Å². The van der Waals surface area contributed by atoms with Crippen LogP contribution in [-0.2, 0) is 6.54 Å². The summed E-state index contributed by atoms with van der Waals surface area (Å²) in [7, 11) is 2.10. The Morgan fingerprint density at radius 3 is 2.47 bits per heavy atom. The monoisotopic (exact) mass is 318 g/mol. The summed E-state index contributed by atoms with van der Waals surface area (Å²) in [5.41, 5.74) is 9.70. The molecule has 0 aliphatic heterocycles. The summed E-state index contributed by atoms with van der Waals surface area (Å²) in [6, 6.07) is 16.7. The summed E-state index contributed by atoms with van der Waals surface area (Å²) < 4.78 is 1.07. The third-order valence-electron chi connectivity index (χ3n) is 3.15. The van der Waals surface area contributed by atoms with Crippen molar-refractivity contribution in [1.82, 2.24) is 0 Å². The number of anilines is 1. The molecular formula is C16H19BrN2. The van der Waals surface area contributed by atoms with Crippen molar-refractivity contribution in [2.24, 2.45) is 5.73 Å². The zero-order valence-corrected chi connectivity index (χ0v) is 12.9. The number of nitrogens with two attached hydrogens (primary N) is 1. The standard InChI is InChI=1S/C16H19BrN2/c1-12(18)15-10-14(17)8-9-16(15)19(2)11-13-6-4-3-5-7-13/h3-10,12H,11,18H2,1-2H3. The van der Waals surface area contributed by atoms with Crippen LogP contribution >= 0.6 is 15.9 Å². The highest BCUT2D eigenvalue weighted by molar-refractivity contribution is 9.10. The molecule has 0 heterocycles. The van der Waals surface area contributed by atoms with Gasteiger partial charge in [0.05, 0.1) is 0 Å². The van der Waals surface area contributed by atoms with Crippen molar-refractivity contribution in [2.75, 3.05) is 11.9 Å². The van der Waals surface area contributed by atoms with Crippen molar-refractivity contribution in [1.29, 1.82) is 0 Å². The van der Waals surface area contributed by atoms with Crippen LogP contribution in [0.4, 0.5) is 5.69 Å². The summed E-state index contributed by atoms with van der Waals surface area (Å²) in [4.78, 5) is 2.24. The van der Waals surface area contributed by atoms with Gasteiger partial charge in [0, 0.05) is 29.8 Å². The molecule has 0 radical (unpaired) electrons. The van der Waals surface area contributed by atoms with E-state index in [1.54, 1.807) is 0 Å². The number of halogens is 1. The van der Waals surface area contributed by atoms with Crippen LogP contribution in [0, 0.1) is 0 Å². The van der Waals surface area contributed by atoms with Crippen LogP contribution in [0.5, 0.6) is 0 Å². The summed E-state index contributed by atoms with van der Waals surface area (Å²) >= 11 is 3.51. The minimum atomic E-state index is 0.0192. The van der Waals surface area contributed by atoms with Crippen molar-refractivity contribution in [2.45, 2.75) is 19.5 Å². The van der Waals surface area contributed by atoms with E-state index < -0.39 is 0 Å². The van der Waals surface area contributed by atoms with Crippen molar-refractivity contribution in [3.05, 3.63) is 64.1 Å². The number of hydrogen-bond acceptors (Lipinski definition) is 2. The Balaban J connectivity index is 2.26. The highest BCUT2D eigenvalue weighted by Gasteiger charge is 2.11. The van der Waals surface area contributed by atoms with Crippen LogP contribution in [0.25, 0.3) is 0 Å². The molecule has 2 nitrogen and oxygen atoms in total. The number of hydrogen-bond donors (Lipinski definition) is 1. The third-order valence-corrected chi connectivity index (χ3v) is 3.65. The van der Waals surface area contributed by atoms with Crippen LogP contribution in [0.2, 0.25) is 0 Å². The van der Waals surface area contributed by atoms with Crippen LogP contribution in [0.3, 0.4) is 0 Å². The van der Waals surface area contributed by atoms with Crippen LogP contribution in [-0.4, -0.2) is 7.05 Å². The Morgan fingerprint density at radius 2 is 1.84 bits per heavy atom. The van der Waals surface area contributed by atoms with E-state index in [0.29, 0.717) is 0 Å². The molecule has 0 aromatic heterocycles. The molecule has 3 heteroatoms. The maximum absolute atomic E-state index is 6.07. The quantitative estimate of drug-likeness (QED) is 0.919. The van der Waals surface area contributed by atoms with Gasteiger partial charge < -0.3 is 10.6 Å². The second kappa shape index (κ2) is 6.22. The first-order chi connectivity index (χ1) is 9.08. The van der Waals surface area contributed by atoms with Gasteiger partial charge in [-0.3, -0.25) is 0 Å². The molecule has 0 spiro atoms. The molecule has 2 aromatic carbocycles. The van der Waals surface area contributed by atoms with E-state index in [1.165, 1.54) is 11.3 Å². The van der Waals surface area contributed by atoms with Gasteiger partial charge in [0.25, 0.3) is 0 Å². The van der Waals surface area contributed by atoms with E-state index in [2.05, 4.69) is 70.3 Å². The van der Waals surface area contributed by atoms with Gasteiger partial charge in [0.1, 0.15) is 0 Å². The van der Waals surface area contributed by atoms with E-state index >= 15 is 0 Å². The molecule has 0 amide bonds. The van der Waals surface area contributed by atoms with Crippen LogP contribution in [0.15, 0.2) is 53.0 Å². The van der Waals surface area contributed by atoms with E-state index in [0.717, 1.165) is 16.6 Å². The average molecular weight is 319 g/mol. The Morgan fingerprint density at radius 1 is 1.16 bits per heavy atom. The Kier molecular flexibility index (Phi) is 4.61. The first-order valence-electron chi connectivity index (χ1n) is 6.38. The van der Waals surface area contributed by atoms with Gasteiger partial charge in [0.15, 0.2) is 0 Å². The first-order valence-corrected chi connectivity index (χ1v) is 7.17. The fourth-order valence-corrected chi connectivity index (χ4v) is 2.56. The largest absolute Gasteiger partial charge is 0.370 e. The second-order valence-electron chi connectivity index (χ2n) is 4.83. The molecular weight excluding hydrogens is 300 g/mol. The summed E-state index contributed by atoms with van der Waals surface area (Å²) in [5, 5.41) is 0. The average Bonchev–Trinajstić information content (AvgIpc) is 2.39. The lowest BCUT2D eigenvalue weighted by Crippen LogP contribution is -2.20. The molecule has 100 valence electrons. The minimum absolute atomic E-state index is 0.0192. The van der Waals surface area contributed by atoms with Gasteiger partial charge in [-0.2, -0.15) is 0 Å². The van der Waals surface area contributed by atoms with E-state index in [1.807, 2.05) is 13.0 Å². The predicted molar refractivity (Wildman–Crippen MR) is 85.3 cm³/mol. The highest BCUT2D eigenvalue weighted by atomic mass is 79.9. The SMILES string of the molecule is CC(N)c1cc(Br)ccc1N(C)Cc1ccccc1. The maximum atomic E-state index is 6.07. The molecule has 2 aromatic rings. The Labute approximate surface area is 123 Å². The van der Waals surface area contributed by atoms with Crippen LogP contribution in [0.1, 0.15) is 24.1 Å². The first kappa shape index (κ1) is 14.1. The number of benzene rings is 2. The summed E-state index contributed by atoms with van der Waals surface area (Å²) in [5.74, 6) is 0.